The number of rotatable bonds is 12. The summed E-state index contributed by atoms with van der Waals surface area (Å²) in [7, 11) is 0. The molecule has 0 bridgehead atoms. The number of aliphatic hydroxyl groups is 2. The lowest BCUT2D eigenvalue weighted by Gasteiger charge is -2.01. The van der Waals surface area contributed by atoms with Gasteiger partial charge in [-0.2, -0.15) is 0 Å². The summed E-state index contributed by atoms with van der Waals surface area (Å²) in [5.41, 5.74) is 0. The van der Waals surface area contributed by atoms with Gasteiger partial charge in [0.2, 0.25) is 0 Å². The fourth-order valence-electron chi connectivity index (χ4n) is 2.71. The van der Waals surface area contributed by atoms with Gasteiger partial charge in [0, 0.05) is 0 Å². The molecule has 2 fully saturated rings. The summed E-state index contributed by atoms with van der Waals surface area (Å²) in [4.78, 5) is 0. The standard InChI is InChI=1S/C13H22O2.C8H14O2/c1-3-11(2)8-9-13-12(15-13)7-5-4-6-10-14;1-2-3-4-5-7-8(6-9)10-7/h3-4,6,11-14H,1,5,7-10H2,2H3;2-3,7-9H,4-6H2,1H3/b6-4+;3-2-. The second kappa shape index (κ2) is 13.3. The Bertz CT molecular complexity index is 405. The highest BCUT2D eigenvalue weighted by Crippen LogP contribution is 2.31. The number of aliphatic hydroxyl groups excluding tert-OH is 2. The zero-order chi connectivity index (χ0) is 18.5. The van der Waals surface area contributed by atoms with Gasteiger partial charge < -0.3 is 19.7 Å². The molecule has 2 aliphatic rings. The van der Waals surface area contributed by atoms with E-state index in [1.165, 1.54) is 6.42 Å². The average Bonchev–Trinajstić information content (AvgIpc) is 3.53. The van der Waals surface area contributed by atoms with E-state index >= 15 is 0 Å². The first kappa shape index (κ1) is 22.1. The molecule has 0 aromatic heterocycles. The fraction of sp³-hybridized carbons (Fsp3) is 0.714. The van der Waals surface area contributed by atoms with Crippen LogP contribution in [0.4, 0.5) is 0 Å². The van der Waals surface area contributed by atoms with E-state index in [4.69, 9.17) is 19.7 Å². The maximum atomic E-state index is 8.59. The van der Waals surface area contributed by atoms with Crippen molar-refractivity contribution >= 4 is 0 Å². The van der Waals surface area contributed by atoms with Gasteiger partial charge in [-0.3, -0.25) is 0 Å². The number of ether oxygens (including phenoxy) is 2. The second-order valence-corrected chi connectivity index (χ2v) is 6.78. The summed E-state index contributed by atoms with van der Waals surface area (Å²) in [6, 6.07) is 0. The van der Waals surface area contributed by atoms with E-state index in [9.17, 15) is 0 Å². The SMILES string of the molecule is C/C=C\CCC1OC1CO.C=CC(C)CCC1OC1CC/C=C/CO. The molecule has 4 heteroatoms. The molecule has 2 heterocycles. The minimum atomic E-state index is 0.144. The lowest BCUT2D eigenvalue weighted by atomic mass is 10.0. The van der Waals surface area contributed by atoms with Crippen molar-refractivity contribution in [1.29, 1.82) is 0 Å². The molecule has 5 unspecified atom stereocenters. The third-order valence-electron chi connectivity index (χ3n) is 4.61. The Hall–Kier alpha value is -0.940. The highest BCUT2D eigenvalue weighted by molar-refractivity contribution is 4.90. The molecule has 0 radical (unpaired) electrons. The molecule has 0 aliphatic carbocycles. The largest absolute Gasteiger partial charge is 0.394 e. The Morgan fingerprint density at radius 1 is 0.920 bits per heavy atom. The Kier molecular flexibility index (Phi) is 11.7. The predicted molar refractivity (Wildman–Crippen MR) is 103 cm³/mol. The first-order chi connectivity index (χ1) is 12.2. The maximum absolute atomic E-state index is 8.59. The molecule has 25 heavy (non-hydrogen) atoms. The van der Waals surface area contributed by atoms with Gasteiger partial charge in [0.15, 0.2) is 0 Å². The van der Waals surface area contributed by atoms with E-state index in [0.717, 1.165) is 32.1 Å². The molecule has 2 saturated heterocycles. The zero-order valence-corrected chi connectivity index (χ0v) is 15.8. The van der Waals surface area contributed by atoms with Crippen LogP contribution in [0.15, 0.2) is 37.0 Å². The topological polar surface area (TPSA) is 65.5 Å². The van der Waals surface area contributed by atoms with E-state index in [1.54, 1.807) is 6.08 Å². The van der Waals surface area contributed by atoms with Crippen molar-refractivity contribution in [3.05, 3.63) is 37.0 Å². The Balaban J connectivity index is 0.000000271. The number of allylic oxidation sites excluding steroid dienone is 4. The average molecular weight is 353 g/mol. The first-order valence-electron chi connectivity index (χ1n) is 9.57. The molecule has 5 atom stereocenters. The van der Waals surface area contributed by atoms with Crippen LogP contribution >= 0.6 is 0 Å². The monoisotopic (exact) mass is 352 g/mol. The van der Waals surface area contributed by atoms with Crippen molar-refractivity contribution in [3.63, 3.8) is 0 Å². The highest BCUT2D eigenvalue weighted by Gasteiger charge is 2.37. The van der Waals surface area contributed by atoms with Gasteiger partial charge in [0.25, 0.3) is 0 Å². The fourth-order valence-corrected chi connectivity index (χ4v) is 2.71. The van der Waals surface area contributed by atoms with Crippen molar-refractivity contribution in [3.8, 4) is 0 Å². The highest BCUT2D eigenvalue weighted by atomic mass is 16.6. The number of hydrogen-bond acceptors (Lipinski definition) is 4. The van der Waals surface area contributed by atoms with E-state index in [1.807, 2.05) is 25.2 Å². The number of hydrogen-bond donors (Lipinski definition) is 2. The van der Waals surface area contributed by atoms with Crippen LogP contribution in [0.5, 0.6) is 0 Å². The van der Waals surface area contributed by atoms with Crippen molar-refractivity contribution in [2.75, 3.05) is 13.2 Å². The molecule has 2 aliphatic heterocycles. The van der Waals surface area contributed by atoms with Crippen molar-refractivity contribution in [2.24, 2.45) is 5.92 Å². The first-order valence-corrected chi connectivity index (χ1v) is 9.57. The van der Waals surface area contributed by atoms with Gasteiger partial charge in [-0.1, -0.05) is 37.3 Å². The van der Waals surface area contributed by atoms with Crippen LogP contribution in [-0.2, 0) is 9.47 Å². The number of epoxide rings is 2. The molecule has 0 aromatic rings. The normalized spacial score (nSPS) is 28.6. The van der Waals surface area contributed by atoms with Crippen LogP contribution in [0.3, 0.4) is 0 Å². The molecular weight excluding hydrogens is 316 g/mol. The van der Waals surface area contributed by atoms with Crippen LogP contribution in [-0.4, -0.2) is 47.8 Å². The van der Waals surface area contributed by atoms with Crippen LogP contribution < -0.4 is 0 Å². The lowest BCUT2D eigenvalue weighted by Crippen LogP contribution is -1.97. The molecule has 0 spiro atoms. The van der Waals surface area contributed by atoms with Crippen LogP contribution in [0.2, 0.25) is 0 Å². The summed E-state index contributed by atoms with van der Waals surface area (Å²) in [5, 5.41) is 17.1. The van der Waals surface area contributed by atoms with E-state index in [2.05, 4.69) is 19.6 Å². The molecule has 0 amide bonds. The smallest absolute Gasteiger partial charge is 0.107 e. The van der Waals surface area contributed by atoms with Gasteiger partial charge >= 0.3 is 0 Å². The second-order valence-electron chi connectivity index (χ2n) is 6.78. The molecule has 0 saturated carbocycles. The molecule has 2 N–H and O–H groups in total. The van der Waals surface area contributed by atoms with Crippen LogP contribution in [0.1, 0.15) is 52.4 Å². The Morgan fingerprint density at radius 3 is 2.08 bits per heavy atom. The van der Waals surface area contributed by atoms with E-state index < -0.39 is 0 Å². The predicted octanol–water partition coefficient (Wildman–Crippen LogP) is 3.79. The maximum Gasteiger partial charge on any atom is 0.107 e. The van der Waals surface area contributed by atoms with Crippen molar-refractivity contribution in [2.45, 2.75) is 76.8 Å². The summed E-state index contributed by atoms with van der Waals surface area (Å²) >= 11 is 0. The van der Waals surface area contributed by atoms with Crippen molar-refractivity contribution < 1.29 is 19.7 Å². The van der Waals surface area contributed by atoms with Gasteiger partial charge in [-0.05, 0) is 51.4 Å². The lowest BCUT2D eigenvalue weighted by molar-refractivity contribution is 0.241. The minimum absolute atomic E-state index is 0.144. The summed E-state index contributed by atoms with van der Waals surface area (Å²) in [5.74, 6) is 0.601. The van der Waals surface area contributed by atoms with Crippen LogP contribution in [0, 0.1) is 5.92 Å². The van der Waals surface area contributed by atoms with Gasteiger partial charge in [0.05, 0.1) is 31.5 Å². The van der Waals surface area contributed by atoms with Gasteiger partial charge in [-0.25, -0.2) is 0 Å². The molecule has 144 valence electrons. The zero-order valence-electron chi connectivity index (χ0n) is 15.8. The quantitative estimate of drug-likeness (QED) is 0.414. The molecule has 0 aromatic carbocycles. The molecule has 2 rings (SSSR count). The molecule has 4 nitrogen and oxygen atoms in total. The summed E-state index contributed by atoms with van der Waals surface area (Å²) < 4.78 is 10.7. The minimum Gasteiger partial charge on any atom is -0.394 e. The van der Waals surface area contributed by atoms with E-state index in [0.29, 0.717) is 24.2 Å². The summed E-state index contributed by atoms with van der Waals surface area (Å²) in [6.45, 7) is 8.30. The van der Waals surface area contributed by atoms with Gasteiger partial charge in [0.1, 0.15) is 6.10 Å². The van der Waals surface area contributed by atoms with E-state index in [-0.39, 0.29) is 19.3 Å². The third kappa shape index (κ3) is 10.6. The third-order valence-corrected chi connectivity index (χ3v) is 4.61. The molecular formula is C21H36O4. The van der Waals surface area contributed by atoms with Crippen LogP contribution in [0.25, 0.3) is 0 Å². The Morgan fingerprint density at radius 2 is 1.52 bits per heavy atom. The van der Waals surface area contributed by atoms with Crippen molar-refractivity contribution in [1.82, 2.24) is 0 Å². The summed E-state index contributed by atoms with van der Waals surface area (Å²) in [6.07, 6.45) is 17.9. The van der Waals surface area contributed by atoms with Gasteiger partial charge in [-0.15, -0.1) is 6.58 Å². The Labute approximate surface area is 153 Å².